The summed E-state index contributed by atoms with van der Waals surface area (Å²) in [6.45, 7) is 14.4. The molecule has 0 nitrogen and oxygen atoms in total. The Labute approximate surface area is 382 Å². The van der Waals surface area contributed by atoms with E-state index < -0.39 is 0 Å². The van der Waals surface area contributed by atoms with Crippen molar-refractivity contribution < 1.29 is 0 Å². The molecule has 3 aliphatic carbocycles. The first-order valence-electron chi connectivity index (χ1n) is 23.3. The van der Waals surface area contributed by atoms with Crippen LogP contribution in [0.4, 0.5) is 0 Å². The second-order valence-electron chi connectivity index (χ2n) is 20.4. The molecule has 0 saturated carbocycles. The molecule has 10 aromatic rings. The van der Waals surface area contributed by atoms with E-state index in [4.69, 9.17) is 0 Å². The summed E-state index contributed by atoms with van der Waals surface area (Å²) in [6, 6.07) is 73.9. The normalized spacial score (nSPS) is 15.3. The van der Waals surface area contributed by atoms with E-state index in [0.717, 1.165) is 0 Å². The van der Waals surface area contributed by atoms with Crippen molar-refractivity contribution in [3.05, 3.63) is 228 Å². The maximum Gasteiger partial charge on any atom is 0.0159 e. The average Bonchev–Trinajstić information content (AvgIpc) is 3.82. The summed E-state index contributed by atoms with van der Waals surface area (Å²) < 4.78 is 0. The Hall–Kier alpha value is -7.28. The summed E-state index contributed by atoms with van der Waals surface area (Å²) in [6.07, 6.45) is 0. The van der Waals surface area contributed by atoms with Gasteiger partial charge in [0.1, 0.15) is 0 Å². The molecule has 0 atom stereocenters. The van der Waals surface area contributed by atoms with Gasteiger partial charge in [-0.25, -0.2) is 0 Å². The fourth-order valence-corrected chi connectivity index (χ4v) is 12.5. The Bertz CT molecular complexity index is 3670. The molecule has 0 heteroatoms. The van der Waals surface area contributed by atoms with Crippen molar-refractivity contribution in [2.45, 2.75) is 57.8 Å². The molecule has 0 aromatic heterocycles. The minimum absolute atomic E-state index is 0.0381. The SMILES string of the molecule is CC1(C)c2ccccc2-c2ccc(-c3ccc4c(c3)C(C)(C)c3cc(-c5c6ccccc6c(-c6ccc7c(c6)C(C)(C)c6ccccc6-7)c6c(-c7ccccc7)cccc56)ccc3-4)cc21. The molecule has 65 heavy (non-hydrogen) atoms. The van der Waals surface area contributed by atoms with Gasteiger partial charge in [0.2, 0.25) is 0 Å². The van der Waals surface area contributed by atoms with Crippen molar-refractivity contribution in [1.29, 1.82) is 0 Å². The first kappa shape index (κ1) is 38.2. The molecule has 0 radical (unpaired) electrons. The van der Waals surface area contributed by atoms with Crippen molar-refractivity contribution in [3.63, 3.8) is 0 Å². The Morgan fingerprint density at radius 3 is 1.11 bits per heavy atom. The van der Waals surface area contributed by atoms with Crippen molar-refractivity contribution in [1.82, 2.24) is 0 Å². The van der Waals surface area contributed by atoms with E-state index in [0.29, 0.717) is 0 Å². The standard InChI is InChI=1S/C65H50/c1-63(2)54-25-14-12-19-45(54)47-31-27-40(35-56(47)63)41-28-32-49-50-33-29-42(37-59(50)65(5,6)57(49)36-41)60-51-21-10-11-22-52(51)61(62-44(23-16-24-53(60)62)39-17-8-7-9-18-39)43-30-34-48-46-20-13-15-26-55(46)64(3,4)58(48)38-43/h7-38H,1-6H3. The van der Waals surface area contributed by atoms with Crippen molar-refractivity contribution in [2.75, 3.05) is 0 Å². The van der Waals surface area contributed by atoms with E-state index in [2.05, 4.69) is 236 Å². The Morgan fingerprint density at radius 2 is 0.585 bits per heavy atom. The molecular weight excluding hydrogens is 781 g/mol. The number of rotatable bonds is 4. The average molecular weight is 831 g/mol. The molecular formula is C65H50. The zero-order chi connectivity index (χ0) is 44.0. The summed E-state index contributed by atoms with van der Waals surface area (Å²) in [5, 5.41) is 5.13. The Kier molecular flexibility index (Phi) is 7.86. The molecule has 0 bridgehead atoms. The monoisotopic (exact) mass is 830 g/mol. The largest absolute Gasteiger partial charge is 0.0622 e. The molecule has 0 amide bonds. The van der Waals surface area contributed by atoms with Crippen molar-refractivity contribution >= 4 is 21.5 Å². The summed E-state index contributed by atoms with van der Waals surface area (Å²) in [7, 11) is 0. The number of hydrogen-bond donors (Lipinski definition) is 0. The zero-order valence-electron chi connectivity index (χ0n) is 38.0. The van der Waals surface area contributed by atoms with Gasteiger partial charge in [0.15, 0.2) is 0 Å². The van der Waals surface area contributed by atoms with Crippen LogP contribution in [0.25, 0.3) is 99.4 Å². The van der Waals surface area contributed by atoms with E-state index in [9.17, 15) is 0 Å². The highest BCUT2D eigenvalue weighted by Crippen LogP contribution is 2.55. The molecule has 0 aliphatic heterocycles. The molecule has 13 rings (SSSR count). The number of hydrogen-bond acceptors (Lipinski definition) is 0. The summed E-state index contributed by atoms with van der Waals surface area (Å²) >= 11 is 0. The maximum atomic E-state index is 2.52. The van der Waals surface area contributed by atoms with Crippen LogP contribution in [0.15, 0.2) is 194 Å². The summed E-state index contributed by atoms with van der Waals surface area (Å²) in [5.41, 5.74) is 26.3. The quantitative estimate of drug-likeness (QED) is 0.155. The van der Waals surface area contributed by atoms with Gasteiger partial charge in [-0.3, -0.25) is 0 Å². The van der Waals surface area contributed by atoms with Crippen LogP contribution in [0, 0.1) is 0 Å². The van der Waals surface area contributed by atoms with Gasteiger partial charge in [0, 0.05) is 16.2 Å². The van der Waals surface area contributed by atoms with E-state index in [1.807, 2.05) is 0 Å². The molecule has 10 aromatic carbocycles. The highest BCUT2D eigenvalue weighted by molar-refractivity contribution is 6.25. The topological polar surface area (TPSA) is 0 Å². The van der Waals surface area contributed by atoms with Gasteiger partial charge in [-0.2, -0.15) is 0 Å². The second-order valence-corrected chi connectivity index (χ2v) is 20.4. The van der Waals surface area contributed by atoms with Crippen molar-refractivity contribution in [2.24, 2.45) is 0 Å². The van der Waals surface area contributed by atoms with Crippen LogP contribution in [0.1, 0.15) is 74.9 Å². The van der Waals surface area contributed by atoms with Crippen LogP contribution in [-0.2, 0) is 16.2 Å². The second kappa shape index (κ2) is 13.4. The minimum Gasteiger partial charge on any atom is -0.0622 e. The Balaban J connectivity index is 0.986. The van der Waals surface area contributed by atoms with Crippen LogP contribution in [0.3, 0.4) is 0 Å². The summed E-state index contributed by atoms with van der Waals surface area (Å²) in [5.74, 6) is 0. The third-order valence-electron chi connectivity index (χ3n) is 15.9. The van der Waals surface area contributed by atoms with E-state index >= 15 is 0 Å². The van der Waals surface area contributed by atoms with Crippen LogP contribution in [0.5, 0.6) is 0 Å². The third kappa shape index (κ3) is 5.26. The van der Waals surface area contributed by atoms with E-state index in [1.165, 1.54) is 133 Å². The van der Waals surface area contributed by atoms with E-state index in [1.54, 1.807) is 0 Å². The molecule has 0 heterocycles. The first-order chi connectivity index (χ1) is 31.5. The predicted molar refractivity (Wildman–Crippen MR) is 276 cm³/mol. The summed E-state index contributed by atoms with van der Waals surface area (Å²) in [4.78, 5) is 0. The van der Waals surface area contributed by atoms with Gasteiger partial charge in [-0.05, 0) is 157 Å². The lowest BCUT2D eigenvalue weighted by atomic mass is 9.78. The fourth-order valence-electron chi connectivity index (χ4n) is 12.5. The van der Waals surface area contributed by atoms with Crippen LogP contribution < -0.4 is 0 Å². The molecule has 0 unspecified atom stereocenters. The molecule has 0 fully saturated rings. The van der Waals surface area contributed by atoms with E-state index in [-0.39, 0.29) is 16.2 Å². The molecule has 0 spiro atoms. The van der Waals surface area contributed by atoms with Gasteiger partial charge in [0.25, 0.3) is 0 Å². The molecule has 3 aliphatic rings. The zero-order valence-corrected chi connectivity index (χ0v) is 38.0. The minimum atomic E-state index is -0.196. The van der Waals surface area contributed by atoms with Gasteiger partial charge in [0.05, 0.1) is 0 Å². The molecule has 0 N–H and O–H groups in total. The van der Waals surface area contributed by atoms with Gasteiger partial charge in [-0.15, -0.1) is 0 Å². The molecule has 0 saturated heterocycles. The van der Waals surface area contributed by atoms with Gasteiger partial charge >= 0.3 is 0 Å². The first-order valence-corrected chi connectivity index (χ1v) is 23.3. The highest BCUT2D eigenvalue weighted by Gasteiger charge is 2.39. The lowest BCUT2D eigenvalue weighted by molar-refractivity contribution is 0.659. The van der Waals surface area contributed by atoms with Crippen LogP contribution in [0.2, 0.25) is 0 Å². The number of benzene rings is 10. The predicted octanol–water partition coefficient (Wildman–Crippen LogP) is 17.6. The van der Waals surface area contributed by atoms with Gasteiger partial charge in [-0.1, -0.05) is 211 Å². The number of fused-ring (bicyclic) bond motifs is 11. The fraction of sp³-hybridized carbons (Fsp3) is 0.138. The maximum absolute atomic E-state index is 2.52. The molecule has 310 valence electrons. The highest BCUT2D eigenvalue weighted by atomic mass is 14.4. The lowest BCUT2D eigenvalue weighted by Gasteiger charge is -2.25. The third-order valence-corrected chi connectivity index (χ3v) is 15.9. The van der Waals surface area contributed by atoms with Crippen molar-refractivity contribution in [3.8, 4) is 77.9 Å². The van der Waals surface area contributed by atoms with Crippen LogP contribution in [-0.4, -0.2) is 0 Å². The smallest absolute Gasteiger partial charge is 0.0159 e. The van der Waals surface area contributed by atoms with Crippen LogP contribution >= 0.6 is 0 Å². The lowest BCUT2D eigenvalue weighted by Crippen LogP contribution is -2.15. The Morgan fingerprint density at radius 1 is 0.231 bits per heavy atom. The van der Waals surface area contributed by atoms with Gasteiger partial charge < -0.3 is 0 Å².